The summed E-state index contributed by atoms with van der Waals surface area (Å²) in [6, 6.07) is 5.93. The Kier molecular flexibility index (Phi) is 5.84. The molecule has 0 heterocycles. The predicted octanol–water partition coefficient (Wildman–Crippen LogP) is 4.09. The number of nitrogens with one attached hydrogen (secondary N) is 1. The summed E-state index contributed by atoms with van der Waals surface area (Å²) >= 11 is 0. The van der Waals surface area contributed by atoms with Crippen LogP contribution in [0.2, 0.25) is 0 Å². The highest BCUT2D eigenvalue weighted by atomic mass is 19.1. The Morgan fingerprint density at radius 1 is 1.25 bits per heavy atom. The zero-order chi connectivity index (χ0) is 14.4. The molecule has 0 aromatic heterocycles. The number of benzene rings is 1. The fraction of sp³-hybridized carbons (Fsp3) is 0.647. The third-order valence-electron chi connectivity index (χ3n) is 3.83. The van der Waals surface area contributed by atoms with Gasteiger partial charge in [-0.25, -0.2) is 4.39 Å². The monoisotopic (exact) mass is 278 g/mol. The van der Waals surface area contributed by atoms with Gasteiger partial charge in [0.25, 0.3) is 0 Å². The Labute approximate surface area is 122 Å². The molecule has 2 rings (SSSR count). The average molecular weight is 278 g/mol. The van der Waals surface area contributed by atoms with E-state index < -0.39 is 0 Å². The second kappa shape index (κ2) is 7.63. The minimum atomic E-state index is -0.131. The highest BCUT2D eigenvalue weighted by Gasteiger charge is 2.29. The van der Waals surface area contributed by atoms with E-state index in [4.69, 9.17) is 0 Å². The number of halogens is 1. The first-order chi connectivity index (χ1) is 9.76. The number of anilines is 1. The number of rotatable bonds is 9. The highest BCUT2D eigenvalue weighted by Crippen LogP contribution is 2.34. The first-order valence-corrected chi connectivity index (χ1v) is 8.02. The van der Waals surface area contributed by atoms with E-state index in [9.17, 15) is 4.39 Å². The standard InChI is InChI=1S/C17H27FN2/c1-3-5-11-20(16-7-8-16)17-9-6-15(18)12-14(17)13-19-10-4-2/h6,9,12,16,19H,3-5,7-8,10-11,13H2,1-2H3. The Morgan fingerprint density at radius 2 is 2.05 bits per heavy atom. The first-order valence-electron chi connectivity index (χ1n) is 8.02. The minimum absolute atomic E-state index is 0.131. The summed E-state index contributed by atoms with van der Waals surface area (Å²) in [4.78, 5) is 2.49. The van der Waals surface area contributed by atoms with Crippen LogP contribution in [0.1, 0.15) is 51.5 Å². The van der Waals surface area contributed by atoms with Crippen molar-refractivity contribution in [1.29, 1.82) is 0 Å². The van der Waals surface area contributed by atoms with Gasteiger partial charge in [-0.2, -0.15) is 0 Å². The molecule has 0 saturated heterocycles. The van der Waals surface area contributed by atoms with Crippen molar-refractivity contribution in [1.82, 2.24) is 5.32 Å². The summed E-state index contributed by atoms with van der Waals surface area (Å²) in [5, 5.41) is 3.40. The molecule has 0 aliphatic heterocycles. The molecule has 112 valence electrons. The van der Waals surface area contributed by atoms with Crippen molar-refractivity contribution in [3.05, 3.63) is 29.6 Å². The van der Waals surface area contributed by atoms with Crippen LogP contribution in [-0.2, 0) is 6.54 Å². The third kappa shape index (κ3) is 4.20. The predicted molar refractivity (Wildman–Crippen MR) is 83.7 cm³/mol. The number of unbranched alkanes of at least 4 members (excludes halogenated alkanes) is 1. The molecular formula is C17H27FN2. The number of nitrogens with zero attached hydrogens (tertiary/aromatic N) is 1. The normalized spacial score (nSPS) is 14.6. The van der Waals surface area contributed by atoms with Crippen molar-refractivity contribution in [3.63, 3.8) is 0 Å². The maximum Gasteiger partial charge on any atom is 0.123 e. The molecule has 0 spiro atoms. The Morgan fingerprint density at radius 3 is 2.70 bits per heavy atom. The average Bonchev–Trinajstić information content (AvgIpc) is 3.26. The van der Waals surface area contributed by atoms with E-state index in [1.807, 2.05) is 6.07 Å². The van der Waals surface area contributed by atoms with Gasteiger partial charge in [-0.15, -0.1) is 0 Å². The van der Waals surface area contributed by atoms with Crippen molar-refractivity contribution in [2.24, 2.45) is 0 Å². The van der Waals surface area contributed by atoms with Crippen LogP contribution in [-0.4, -0.2) is 19.1 Å². The molecule has 1 aromatic rings. The van der Waals surface area contributed by atoms with Gasteiger partial charge in [0.1, 0.15) is 5.82 Å². The molecule has 1 N–H and O–H groups in total. The molecule has 1 aromatic carbocycles. The molecule has 3 heteroatoms. The summed E-state index contributed by atoms with van der Waals surface area (Å²) in [5.41, 5.74) is 2.33. The molecule has 0 bridgehead atoms. The second-order valence-corrected chi connectivity index (χ2v) is 5.73. The Bertz CT molecular complexity index is 415. The lowest BCUT2D eigenvalue weighted by molar-refractivity contribution is 0.616. The van der Waals surface area contributed by atoms with Gasteiger partial charge in [-0.05, 0) is 56.0 Å². The fourth-order valence-corrected chi connectivity index (χ4v) is 2.59. The van der Waals surface area contributed by atoms with Crippen molar-refractivity contribution in [2.45, 2.75) is 58.5 Å². The lowest BCUT2D eigenvalue weighted by atomic mass is 10.1. The molecular weight excluding hydrogens is 251 g/mol. The summed E-state index contributed by atoms with van der Waals surface area (Å²) in [7, 11) is 0. The topological polar surface area (TPSA) is 15.3 Å². The van der Waals surface area contributed by atoms with E-state index in [2.05, 4.69) is 24.1 Å². The molecule has 0 unspecified atom stereocenters. The van der Waals surface area contributed by atoms with E-state index in [-0.39, 0.29) is 5.82 Å². The van der Waals surface area contributed by atoms with Gasteiger partial charge in [-0.1, -0.05) is 20.3 Å². The van der Waals surface area contributed by atoms with Gasteiger partial charge in [0, 0.05) is 24.8 Å². The SMILES string of the molecule is CCCCN(c1ccc(F)cc1CNCCC)C1CC1. The van der Waals surface area contributed by atoms with Gasteiger partial charge < -0.3 is 10.2 Å². The summed E-state index contributed by atoms with van der Waals surface area (Å²) < 4.78 is 13.5. The van der Waals surface area contributed by atoms with Crippen LogP contribution in [0.25, 0.3) is 0 Å². The largest absolute Gasteiger partial charge is 0.368 e. The fourth-order valence-electron chi connectivity index (χ4n) is 2.59. The maximum atomic E-state index is 13.5. The third-order valence-corrected chi connectivity index (χ3v) is 3.83. The van der Waals surface area contributed by atoms with Crippen LogP contribution in [0.5, 0.6) is 0 Å². The van der Waals surface area contributed by atoms with Crippen molar-refractivity contribution in [2.75, 3.05) is 18.0 Å². The van der Waals surface area contributed by atoms with Crippen LogP contribution < -0.4 is 10.2 Å². The molecule has 1 fully saturated rings. The molecule has 0 amide bonds. The minimum Gasteiger partial charge on any atom is -0.368 e. The molecule has 1 aliphatic rings. The summed E-state index contributed by atoms with van der Waals surface area (Å²) in [5.74, 6) is -0.131. The van der Waals surface area contributed by atoms with E-state index in [1.54, 1.807) is 12.1 Å². The summed E-state index contributed by atoms with van der Waals surface area (Å²) in [6.07, 6.45) is 6.07. The van der Waals surface area contributed by atoms with E-state index >= 15 is 0 Å². The number of hydrogen-bond donors (Lipinski definition) is 1. The van der Waals surface area contributed by atoms with Crippen molar-refractivity contribution in [3.8, 4) is 0 Å². The van der Waals surface area contributed by atoms with E-state index in [0.717, 1.165) is 31.6 Å². The van der Waals surface area contributed by atoms with Gasteiger partial charge in [0.05, 0.1) is 0 Å². The van der Waals surface area contributed by atoms with Crippen molar-refractivity contribution < 1.29 is 4.39 Å². The molecule has 2 nitrogen and oxygen atoms in total. The Hall–Kier alpha value is -1.09. The van der Waals surface area contributed by atoms with Gasteiger partial charge >= 0.3 is 0 Å². The molecule has 1 aliphatic carbocycles. The maximum absolute atomic E-state index is 13.5. The van der Waals surface area contributed by atoms with Crippen LogP contribution in [0.4, 0.5) is 10.1 Å². The lowest BCUT2D eigenvalue weighted by Crippen LogP contribution is -2.29. The lowest BCUT2D eigenvalue weighted by Gasteiger charge is -2.27. The quantitative estimate of drug-likeness (QED) is 0.684. The van der Waals surface area contributed by atoms with Crippen LogP contribution >= 0.6 is 0 Å². The van der Waals surface area contributed by atoms with Crippen LogP contribution in [0, 0.1) is 5.82 Å². The molecule has 0 atom stereocenters. The smallest absolute Gasteiger partial charge is 0.123 e. The first kappa shape index (κ1) is 15.3. The van der Waals surface area contributed by atoms with Crippen LogP contribution in [0.15, 0.2) is 18.2 Å². The van der Waals surface area contributed by atoms with E-state index in [1.165, 1.54) is 31.4 Å². The number of hydrogen-bond acceptors (Lipinski definition) is 2. The van der Waals surface area contributed by atoms with Crippen LogP contribution in [0.3, 0.4) is 0 Å². The van der Waals surface area contributed by atoms with Gasteiger partial charge in [-0.3, -0.25) is 0 Å². The van der Waals surface area contributed by atoms with Gasteiger partial charge in [0.2, 0.25) is 0 Å². The van der Waals surface area contributed by atoms with E-state index in [0.29, 0.717) is 6.04 Å². The second-order valence-electron chi connectivity index (χ2n) is 5.73. The summed E-state index contributed by atoms with van der Waals surface area (Å²) in [6.45, 7) is 7.20. The van der Waals surface area contributed by atoms with Gasteiger partial charge in [0.15, 0.2) is 0 Å². The highest BCUT2D eigenvalue weighted by molar-refractivity contribution is 5.55. The molecule has 0 radical (unpaired) electrons. The molecule has 20 heavy (non-hydrogen) atoms. The molecule has 1 saturated carbocycles. The van der Waals surface area contributed by atoms with Crippen molar-refractivity contribution >= 4 is 5.69 Å². The Balaban J connectivity index is 2.14. The zero-order valence-corrected chi connectivity index (χ0v) is 12.8. The zero-order valence-electron chi connectivity index (χ0n) is 12.8.